The maximum absolute atomic E-state index is 11.5. The van der Waals surface area contributed by atoms with Gasteiger partial charge in [0.2, 0.25) is 0 Å². The lowest BCUT2D eigenvalue weighted by molar-refractivity contribution is 0.562. The summed E-state index contributed by atoms with van der Waals surface area (Å²) >= 11 is 0. The van der Waals surface area contributed by atoms with E-state index < -0.39 is 9.84 Å². The van der Waals surface area contributed by atoms with Gasteiger partial charge in [0.05, 0.1) is 11.5 Å². The van der Waals surface area contributed by atoms with Gasteiger partial charge in [0.15, 0.2) is 9.84 Å². The van der Waals surface area contributed by atoms with E-state index in [9.17, 15) is 8.42 Å². The third-order valence-corrected chi connectivity index (χ3v) is 5.04. The maximum atomic E-state index is 11.5. The fourth-order valence-corrected chi connectivity index (χ4v) is 3.86. The second-order valence-corrected chi connectivity index (χ2v) is 7.27. The lowest BCUT2D eigenvalue weighted by atomic mass is 10.1. The minimum atomic E-state index is -2.84. The highest BCUT2D eigenvalue weighted by Gasteiger charge is 2.24. The van der Waals surface area contributed by atoms with Crippen molar-refractivity contribution in [2.75, 3.05) is 35.8 Å². The Hall–Kier alpha value is -1.23. The Balaban J connectivity index is 2.01. The van der Waals surface area contributed by atoms with Crippen molar-refractivity contribution in [3.63, 3.8) is 0 Å². The minimum Gasteiger partial charge on any atom is -0.381 e. The summed E-state index contributed by atoms with van der Waals surface area (Å²) in [6.45, 7) is 0. The molecule has 1 aromatic carbocycles. The standard InChI is InChI=1S/C13H20N2O2S/c1-15(2)13-7-5-11(6-8-13)14-12-4-3-9-18(16,17)10-12/h5-8,12,14H,3-4,9-10H2,1-2H3. The van der Waals surface area contributed by atoms with Crippen LogP contribution in [-0.2, 0) is 9.84 Å². The zero-order valence-corrected chi connectivity index (χ0v) is 11.7. The minimum absolute atomic E-state index is 0.0500. The van der Waals surface area contributed by atoms with Gasteiger partial charge in [-0.25, -0.2) is 8.42 Å². The van der Waals surface area contributed by atoms with E-state index >= 15 is 0 Å². The predicted octanol–water partition coefficient (Wildman–Crippen LogP) is 1.74. The molecule has 0 saturated carbocycles. The Morgan fingerprint density at radius 2 is 1.89 bits per heavy atom. The maximum Gasteiger partial charge on any atom is 0.152 e. The van der Waals surface area contributed by atoms with Crippen molar-refractivity contribution >= 4 is 21.2 Å². The zero-order valence-electron chi connectivity index (χ0n) is 10.9. The third-order valence-electron chi connectivity index (χ3n) is 3.22. The van der Waals surface area contributed by atoms with Gasteiger partial charge in [-0.05, 0) is 37.1 Å². The zero-order chi connectivity index (χ0) is 13.2. The highest BCUT2D eigenvalue weighted by Crippen LogP contribution is 2.20. The Morgan fingerprint density at radius 3 is 2.44 bits per heavy atom. The molecule has 1 N–H and O–H groups in total. The molecule has 1 saturated heterocycles. The first-order chi connectivity index (χ1) is 8.46. The summed E-state index contributed by atoms with van der Waals surface area (Å²) in [6.07, 6.45) is 1.68. The van der Waals surface area contributed by atoms with Gasteiger partial charge in [0, 0.05) is 31.5 Å². The SMILES string of the molecule is CN(C)c1ccc(NC2CCCS(=O)(=O)C2)cc1. The second-order valence-electron chi connectivity index (χ2n) is 5.04. The van der Waals surface area contributed by atoms with E-state index in [1.807, 2.05) is 43.3 Å². The van der Waals surface area contributed by atoms with Crippen LogP contribution in [0.2, 0.25) is 0 Å². The number of sulfone groups is 1. The smallest absolute Gasteiger partial charge is 0.152 e. The van der Waals surface area contributed by atoms with E-state index in [0.717, 1.165) is 24.2 Å². The molecule has 1 heterocycles. The van der Waals surface area contributed by atoms with Crippen molar-refractivity contribution in [2.45, 2.75) is 18.9 Å². The first-order valence-corrected chi connectivity index (χ1v) is 8.03. The molecule has 1 aromatic rings. The van der Waals surface area contributed by atoms with E-state index in [0.29, 0.717) is 5.75 Å². The lowest BCUT2D eigenvalue weighted by Crippen LogP contribution is -2.34. The molecule has 5 heteroatoms. The summed E-state index contributed by atoms with van der Waals surface area (Å²) in [5.74, 6) is 0.590. The Morgan fingerprint density at radius 1 is 1.22 bits per heavy atom. The van der Waals surface area contributed by atoms with Crippen LogP contribution in [0.5, 0.6) is 0 Å². The number of anilines is 2. The summed E-state index contributed by atoms with van der Waals surface area (Å²) in [6, 6.07) is 8.10. The van der Waals surface area contributed by atoms with Crippen LogP contribution >= 0.6 is 0 Å². The van der Waals surface area contributed by atoms with Crippen LogP contribution in [0, 0.1) is 0 Å². The molecule has 0 radical (unpaired) electrons. The van der Waals surface area contributed by atoms with Crippen LogP contribution in [0.25, 0.3) is 0 Å². The number of benzene rings is 1. The van der Waals surface area contributed by atoms with Crippen molar-refractivity contribution in [3.05, 3.63) is 24.3 Å². The quantitative estimate of drug-likeness (QED) is 0.907. The molecule has 0 bridgehead atoms. The van der Waals surface area contributed by atoms with Gasteiger partial charge < -0.3 is 10.2 Å². The monoisotopic (exact) mass is 268 g/mol. The molecule has 100 valence electrons. The van der Waals surface area contributed by atoms with Crippen molar-refractivity contribution in [2.24, 2.45) is 0 Å². The summed E-state index contributed by atoms with van der Waals surface area (Å²) in [5, 5.41) is 3.30. The molecule has 2 rings (SSSR count). The molecule has 0 aromatic heterocycles. The first-order valence-electron chi connectivity index (χ1n) is 6.21. The van der Waals surface area contributed by atoms with E-state index in [1.54, 1.807) is 0 Å². The molecule has 1 unspecified atom stereocenters. The third kappa shape index (κ3) is 3.38. The molecule has 0 amide bonds. The van der Waals surface area contributed by atoms with Crippen LogP contribution in [-0.4, -0.2) is 40.1 Å². The Kier molecular flexibility index (Phi) is 3.80. The number of nitrogens with zero attached hydrogens (tertiary/aromatic N) is 1. The van der Waals surface area contributed by atoms with Gasteiger partial charge in [-0.2, -0.15) is 0 Å². The van der Waals surface area contributed by atoms with Crippen molar-refractivity contribution in [1.29, 1.82) is 0 Å². The molecular weight excluding hydrogens is 248 g/mol. The fourth-order valence-electron chi connectivity index (χ4n) is 2.23. The van der Waals surface area contributed by atoms with Crippen LogP contribution < -0.4 is 10.2 Å². The molecule has 0 spiro atoms. The highest BCUT2D eigenvalue weighted by atomic mass is 32.2. The molecule has 4 nitrogen and oxygen atoms in total. The topological polar surface area (TPSA) is 49.4 Å². The molecular formula is C13H20N2O2S. The van der Waals surface area contributed by atoms with Gasteiger partial charge in [0.1, 0.15) is 0 Å². The van der Waals surface area contributed by atoms with Crippen LogP contribution in [0.3, 0.4) is 0 Å². The molecule has 0 aliphatic carbocycles. The summed E-state index contributed by atoms with van der Waals surface area (Å²) in [5.41, 5.74) is 2.12. The molecule has 18 heavy (non-hydrogen) atoms. The average Bonchev–Trinajstić information content (AvgIpc) is 2.28. The molecule has 1 aliphatic heterocycles. The van der Waals surface area contributed by atoms with E-state index in [1.165, 1.54) is 0 Å². The largest absolute Gasteiger partial charge is 0.381 e. The van der Waals surface area contributed by atoms with E-state index in [4.69, 9.17) is 0 Å². The lowest BCUT2D eigenvalue weighted by Gasteiger charge is -2.24. The normalized spacial score (nSPS) is 22.4. The Labute approximate surface area is 109 Å². The van der Waals surface area contributed by atoms with Crippen LogP contribution in [0.1, 0.15) is 12.8 Å². The number of hydrogen-bond acceptors (Lipinski definition) is 4. The van der Waals surface area contributed by atoms with Gasteiger partial charge in [-0.15, -0.1) is 0 Å². The Bertz CT molecular complexity index is 494. The predicted molar refractivity (Wildman–Crippen MR) is 76.1 cm³/mol. The molecule has 1 atom stereocenters. The number of rotatable bonds is 3. The first kappa shape index (κ1) is 13.2. The van der Waals surface area contributed by atoms with Gasteiger partial charge in [-0.1, -0.05) is 0 Å². The average molecular weight is 268 g/mol. The summed E-state index contributed by atoms with van der Waals surface area (Å²) in [4.78, 5) is 2.04. The molecule has 1 aliphatic rings. The van der Waals surface area contributed by atoms with Gasteiger partial charge in [0.25, 0.3) is 0 Å². The van der Waals surface area contributed by atoms with Crippen LogP contribution in [0.4, 0.5) is 11.4 Å². The fraction of sp³-hybridized carbons (Fsp3) is 0.538. The summed E-state index contributed by atoms with van der Waals surface area (Å²) < 4.78 is 23.1. The second kappa shape index (κ2) is 5.18. The number of nitrogens with one attached hydrogen (secondary N) is 1. The van der Waals surface area contributed by atoms with Crippen molar-refractivity contribution in [1.82, 2.24) is 0 Å². The van der Waals surface area contributed by atoms with Crippen molar-refractivity contribution < 1.29 is 8.42 Å². The van der Waals surface area contributed by atoms with E-state index in [2.05, 4.69) is 5.32 Å². The van der Waals surface area contributed by atoms with Gasteiger partial charge in [-0.3, -0.25) is 0 Å². The molecule has 1 fully saturated rings. The van der Waals surface area contributed by atoms with Gasteiger partial charge >= 0.3 is 0 Å². The summed E-state index contributed by atoms with van der Waals surface area (Å²) in [7, 11) is 1.15. The number of hydrogen-bond donors (Lipinski definition) is 1. The highest BCUT2D eigenvalue weighted by molar-refractivity contribution is 7.91. The van der Waals surface area contributed by atoms with Crippen LogP contribution in [0.15, 0.2) is 24.3 Å². The van der Waals surface area contributed by atoms with E-state index in [-0.39, 0.29) is 11.8 Å². The van der Waals surface area contributed by atoms with Crippen molar-refractivity contribution in [3.8, 4) is 0 Å².